The number of hydrogen-bond donors (Lipinski definition) is 1. The molecule has 0 spiro atoms. The Balaban J connectivity index is 2.55. The molecule has 23 heavy (non-hydrogen) atoms. The highest BCUT2D eigenvalue weighted by atomic mass is 19.4. The highest BCUT2D eigenvalue weighted by Gasteiger charge is 2.42. The van der Waals surface area contributed by atoms with Crippen LogP contribution < -0.4 is 5.32 Å². The van der Waals surface area contributed by atoms with Gasteiger partial charge in [-0.1, -0.05) is 0 Å². The van der Waals surface area contributed by atoms with Gasteiger partial charge in [-0.05, 0) is 13.0 Å². The maximum absolute atomic E-state index is 13.1. The summed E-state index contributed by atoms with van der Waals surface area (Å²) < 4.78 is 77.5. The number of pyridine rings is 1. The summed E-state index contributed by atoms with van der Waals surface area (Å²) in [7, 11) is 0. The molecule has 1 aromatic heterocycles. The van der Waals surface area contributed by atoms with E-state index in [-0.39, 0.29) is 19.2 Å². The Morgan fingerprint density at radius 2 is 1.70 bits per heavy atom. The number of carbonyl (C=O) groups excluding carboxylic acids is 1. The normalized spacial score (nSPS) is 16.6. The summed E-state index contributed by atoms with van der Waals surface area (Å²) in [6, 6.07) is -0.109. The van der Waals surface area contributed by atoms with Crippen LogP contribution in [0.1, 0.15) is 27.3 Å². The van der Waals surface area contributed by atoms with E-state index in [1.807, 2.05) is 0 Å². The Morgan fingerprint density at radius 1 is 1.13 bits per heavy atom. The van der Waals surface area contributed by atoms with Gasteiger partial charge in [0.25, 0.3) is 5.91 Å². The lowest BCUT2D eigenvalue weighted by atomic mass is 10.0. The number of rotatable bonds is 1. The average molecular weight is 341 g/mol. The van der Waals surface area contributed by atoms with Crippen LogP contribution in [-0.4, -0.2) is 42.0 Å². The van der Waals surface area contributed by atoms with Crippen molar-refractivity contribution in [3.8, 4) is 0 Å². The second-order valence-electron chi connectivity index (χ2n) is 5.05. The van der Waals surface area contributed by atoms with Crippen LogP contribution in [0.4, 0.5) is 26.3 Å². The van der Waals surface area contributed by atoms with Gasteiger partial charge in [0.2, 0.25) is 0 Å². The number of aryl methyl sites for hydroxylation is 1. The van der Waals surface area contributed by atoms with Gasteiger partial charge in [0.1, 0.15) is 5.69 Å². The second kappa shape index (κ2) is 5.99. The molecule has 0 unspecified atom stereocenters. The Kier molecular flexibility index (Phi) is 4.56. The zero-order valence-corrected chi connectivity index (χ0v) is 12.0. The molecule has 0 aliphatic carbocycles. The second-order valence-corrected chi connectivity index (χ2v) is 5.05. The smallest absolute Gasteiger partial charge is 0.336 e. The Hall–Kier alpha value is -1.84. The molecule has 1 aliphatic heterocycles. The van der Waals surface area contributed by atoms with Gasteiger partial charge in [-0.15, -0.1) is 0 Å². The van der Waals surface area contributed by atoms with Crippen LogP contribution in [-0.2, 0) is 12.4 Å². The number of carbonyl (C=O) groups is 1. The first-order valence-electron chi connectivity index (χ1n) is 6.68. The van der Waals surface area contributed by atoms with Gasteiger partial charge >= 0.3 is 12.4 Å². The summed E-state index contributed by atoms with van der Waals surface area (Å²) in [5, 5.41) is 2.93. The molecule has 1 aliphatic rings. The van der Waals surface area contributed by atoms with E-state index < -0.39 is 40.8 Å². The number of aromatic nitrogens is 1. The van der Waals surface area contributed by atoms with Crippen LogP contribution in [0.3, 0.4) is 0 Å². The Bertz CT molecular complexity index is 605. The topological polar surface area (TPSA) is 45.2 Å². The molecule has 0 atom stereocenters. The SMILES string of the molecule is Cc1nc(C(F)(F)F)cc(C(F)(F)F)c1C(=O)N1CCNCC1. The Morgan fingerprint density at radius 3 is 2.17 bits per heavy atom. The minimum atomic E-state index is -5.09. The fraction of sp³-hybridized carbons (Fsp3) is 0.538. The maximum Gasteiger partial charge on any atom is 0.433 e. The van der Waals surface area contributed by atoms with Gasteiger partial charge in [0.05, 0.1) is 16.8 Å². The van der Waals surface area contributed by atoms with Crippen molar-refractivity contribution in [2.24, 2.45) is 0 Å². The van der Waals surface area contributed by atoms with E-state index in [4.69, 9.17) is 0 Å². The van der Waals surface area contributed by atoms with E-state index in [9.17, 15) is 31.1 Å². The fourth-order valence-corrected chi connectivity index (χ4v) is 2.34. The number of alkyl halides is 6. The number of amides is 1. The molecule has 128 valence electrons. The number of piperazine rings is 1. The third-order valence-electron chi connectivity index (χ3n) is 3.41. The number of nitrogens with zero attached hydrogens (tertiary/aromatic N) is 2. The van der Waals surface area contributed by atoms with Crippen LogP contribution in [0.15, 0.2) is 6.07 Å². The molecule has 0 saturated carbocycles. The van der Waals surface area contributed by atoms with Crippen LogP contribution >= 0.6 is 0 Å². The minimum absolute atomic E-state index is 0.109. The lowest BCUT2D eigenvalue weighted by Gasteiger charge is -2.29. The highest BCUT2D eigenvalue weighted by Crippen LogP contribution is 2.37. The van der Waals surface area contributed by atoms with Crippen LogP contribution in [0.25, 0.3) is 0 Å². The van der Waals surface area contributed by atoms with Crippen LogP contribution in [0.5, 0.6) is 0 Å². The summed E-state index contributed by atoms with van der Waals surface area (Å²) in [5.74, 6) is -0.961. The Labute approximate surface area is 127 Å². The van der Waals surface area contributed by atoms with Crippen molar-refractivity contribution in [3.63, 3.8) is 0 Å². The average Bonchev–Trinajstić information content (AvgIpc) is 2.44. The van der Waals surface area contributed by atoms with Gasteiger partial charge in [0.15, 0.2) is 0 Å². The van der Waals surface area contributed by atoms with Gasteiger partial charge in [-0.25, -0.2) is 4.98 Å². The fourth-order valence-electron chi connectivity index (χ4n) is 2.34. The first-order chi connectivity index (χ1) is 10.5. The van der Waals surface area contributed by atoms with Crippen molar-refractivity contribution < 1.29 is 31.1 Å². The lowest BCUT2D eigenvalue weighted by Crippen LogP contribution is -2.47. The van der Waals surface area contributed by atoms with Crippen molar-refractivity contribution in [1.29, 1.82) is 0 Å². The van der Waals surface area contributed by atoms with Crippen molar-refractivity contribution >= 4 is 5.91 Å². The quantitative estimate of drug-likeness (QED) is 0.799. The first kappa shape index (κ1) is 17.5. The molecule has 1 aromatic rings. The standard InChI is InChI=1S/C13H13F6N3O/c1-7-10(11(23)22-4-2-20-3-5-22)8(12(14,15)16)6-9(21-7)13(17,18)19/h6,20H,2-5H2,1H3. The summed E-state index contributed by atoms with van der Waals surface area (Å²) in [4.78, 5) is 16.6. The van der Waals surface area contributed by atoms with E-state index in [0.29, 0.717) is 13.1 Å². The van der Waals surface area contributed by atoms with Gasteiger partial charge in [0, 0.05) is 26.2 Å². The number of hydrogen-bond acceptors (Lipinski definition) is 3. The molecule has 2 rings (SSSR count). The molecule has 1 N–H and O–H groups in total. The van der Waals surface area contributed by atoms with Crippen molar-refractivity contribution in [2.75, 3.05) is 26.2 Å². The molecule has 0 bridgehead atoms. The monoisotopic (exact) mass is 341 g/mol. The molecular weight excluding hydrogens is 328 g/mol. The molecule has 0 aromatic carbocycles. The van der Waals surface area contributed by atoms with Crippen LogP contribution in [0, 0.1) is 6.92 Å². The number of halogens is 6. The van der Waals surface area contributed by atoms with Crippen molar-refractivity contribution in [3.05, 3.63) is 28.6 Å². The molecule has 1 saturated heterocycles. The molecular formula is C13H13F6N3O. The molecule has 4 nitrogen and oxygen atoms in total. The number of nitrogens with one attached hydrogen (secondary N) is 1. The van der Waals surface area contributed by atoms with Crippen LogP contribution in [0.2, 0.25) is 0 Å². The van der Waals surface area contributed by atoms with Gasteiger partial charge in [-0.3, -0.25) is 4.79 Å². The van der Waals surface area contributed by atoms with E-state index in [0.717, 1.165) is 6.92 Å². The largest absolute Gasteiger partial charge is 0.433 e. The zero-order valence-electron chi connectivity index (χ0n) is 12.0. The summed E-state index contributed by atoms with van der Waals surface area (Å²) in [5.41, 5.74) is -4.69. The third kappa shape index (κ3) is 3.74. The highest BCUT2D eigenvalue weighted by molar-refractivity contribution is 5.97. The summed E-state index contributed by atoms with van der Waals surface area (Å²) in [6.45, 7) is 2.13. The molecule has 0 radical (unpaired) electrons. The van der Waals surface area contributed by atoms with E-state index in [1.54, 1.807) is 0 Å². The van der Waals surface area contributed by atoms with Gasteiger partial charge < -0.3 is 10.2 Å². The molecule has 1 amide bonds. The lowest BCUT2D eigenvalue weighted by molar-refractivity contribution is -0.145. The van der Waals surface area contributed by atoms with Crippen molar-refractivity contribution in [1.82, 2.24) is 15.2 Å². The predicted molar refractivity (Wildman–Crippen MR) is 67.8 cm³/mol. The predicted octanol–water partition coefficient (Wildman–Crippen LogP) is 2.47. The molecule has 1 fully saturated rings. The third-order valence-corrected chi connectivity index (χ3v) is 3.41. The van der Waals surface area contributed by atoms with E-state index in [1.165, 1.54) is 4.90 Å². The molecule has 10 heteroatoms. The zero-order chi connectivity index (χ0) is 17.4. The molecule has 2 heterocycles. The summed E-state index contributed by atoms with van der Waals surface area (Å²) >= 11 is 0. The first-order valence-corrected chi connectivity index (χ1v) is 6.68. The minimum Gasteiger partial charge on any atom is -0.336 e. The van der Waals surface area contributed by atoms with E-state index in [2.05, 4.69) is 10.3 Å². The van der Waals surface area contributed by atoms with Gasteiger partial charge in [-0.2, -0.15) is 26.3 Å². The van der Waals surface area contributed by atoms with E-state index >= 15 is 0 Å². The van der Waals surface area contributed by atoms with Crippen molar-refractivity contribution in [2.45, 2.75) is 19.3 Å². The maximum atomic E-state index is 13.1. The summed E-state index contributed by atoms with van der Waals surface area (Å²) in [6.07, 6.45) is -10.1.